The monoisotopic (exact) mass is 1030 g/mol. The van der Waals surface area contributed by atoms with Crippen LogP contribution < -0.4 is 26.6 Å². The molecule has 0 saturated carbocycles. The van der Waals surface area contributed by atoms with Crippen LogP contribution in [0.5, 0.6) is 5.75 Å². The molecule has 0 aromatic heterocycles. The predicted molar refractivity (Wildman–Crippen MR) is 271 cm³/mol. The zero-order valence-electron chi connectivity index (χ0n) is 43.7. The number of carbonyl (C=O) groups excluding carboxylic acids is 8. The van der Waals surface area contributed by atoms with E-state index < -0.39 is 42.1 Å². The van der Waals surface area contributed by atoms with Crippen molar-refractivity contribution in [3.63, 3.8) is 0 Å². The highest BCUT2D eigenvalue weighted by atomic mass is 16.5. The van der Waals surface area contributed by atoms with E-state index >= 15 is 0 Å². The number of nitrogens with zero attached hydrogens (tertiary/aromatic N) is 1. The van der Waals surface area contributed by atoms with Gasteiger partial charge in [0.25, 0.3) is 11.8 Å². The predicted octanol–water partition coefficient (Wildman–Crippen LogP) is 3.74. The number of nitrogens with one attached hydrogen (secondary N) is 5. The van der Waals surface area contributed by atoms with Gasteiger partial charge < -0.3 is 55.7 Å². The Labute approximate surface area is 430 Å². The Hall–Kier alpha value is -5.77. The Bertz CT molecular complexity index is 1940. The number of ether oxygens (including phenoxy) is 4. The van der Waals surface area contributed by atoms with Crippen LogP contribution in [-0.4, -0.2) is 153 Å². The van der Waals surface area contributed by atoms with E-state index in [1.807, 2.05) is 12.1 Å². The van der Waals surface area contributed by atoms with Crippen LogP contribution in [0.1, 0.15) is 124 Å². The normalized spacial score (nSPS) is 13.6. The number of aliphatic carboxylic acids is 1. The number of anilines is 1. The molecule has 73 heavy (non-hydrogen) atoms. The van der Waals surface area contributed by atoms with E-state index in [1.165, 1.54) is 12.2 Å². The summed E-state index contributed by atoms with van der Waals surface area (Å²) in [4.78, 5) is 110. The van der Waals surface area contributed by atoms with Crippen LogP contribution in [0.25, 0.3) is 0 Å². The first-order valence-electron chi connectivity index (χ1n) is 25.5. The summed E-state index contributed by atoms with van der Waals surface area (Å²) in [6.07, 6.45) is 6.54. The first kappa shape index (κ1) is 63.3. The van der Waals surface area contributed by atoms with Crippen molar-refractivity contribution in [2.24, 2.45) is 17.3 Å². The van der Waals surface area contributed by atoms with Crippen molar-refractivity contribution in [3.05, 3.63) is 35.9 Å². The van der Waals surface area contributed by atoms with Crippen LogP contribution in [0.15, 0.2) is 30.4 Å². The lowest BCUT2D eigenvalue weighted by Crippen LogP contribution is -2.41. The lowest BCUT2D eigenvalue weighted by Gasteiger charge is -2.29. The Balaban J connectivity index is 1.64. The van der Waals surface area contributed by atoms with Gasteiger partial charge in [-0.1, -0.05) is 40.7 Å². The van der Waals surface area contributed by atoms with Crippen LogP contribution in [0.3, 0.4) is 0 Å². The molecule has 0 radical (unpaired) electrons. The first-order chi connectivity index (χ1) is 34.7. The SMILES string of the molecule is CC(C[C@@H](C)Cc1ccc(O)c(NC(=O)CCCCC(=O)[C@H](CCCCNC(=O)CCOCCOCCNC(=O)CCOCCOCCNC(=O)CC(=O)O)NC(=O)CCCN2C(=O)C=CC2=O)c1)C(C)(C)C. The van der Waals surface area contributed by atoms with Crippen LogP contribution in [-0.2, 0) is 68.5 Å². The molecule has 1 aromatic carbocycles. The molecule has 1 heterocycles. The summed E-state index contributed by atoms with van der Waals surface area (Å²) < 4.78 is 21.5. The van der Waals surface area contributed by atoms with Crippen molar-refractivity contribution >= 4 is 58.8 Å². The zero-order valence-corrected chi connectivity index (χ0v) is 43.7. The lowest BCUT2D eigenvalue weighted by atomic mass is 9.76. The molecule has 1 unspecified atom stereocenters. The molecule has 7 amide bonds. The first-order valence-corrected chi connectivity index (χ1v) is 25.5. The van der Waals surface area contributed by atoms with Gasteiger partial charge in [-0.15, -0.1) is 0 Å². The maximum atomic E-state index is 13.4. The number of hydrogen-bond donors (Lipinski definition) is 7. The van der Waals surface area contributed by atoms with Crippen LogP contribution in [0.2, 0.25) is 0 Å². The number of carboxylic acids is 1. The summed E-state index contributed by atoms with van der Waals surface area (Å²) in [6, 6.07) is 4.47. The van der Waals surface area contributed by atoms with Gasteiger partial charge in [0.05, 0.1) is 64.6 Å². The quantitative estimate of drug-likeness (QED) is 0.0213. The molecule has 3 atom stereocenters. The van der Waals surface area contributed by atoms with E-state index in [1.54, 1.807) is 6.07 Å². The standard InChI is InChI=1S/C52H82N6O15/c1-37(33-38(2)52(3,4)5)34-39-15-16-43(60)41(35-39)57-46(63)13-7-6-12-42(59)40(56-47(64)14-10-24-58-49(66)17-18-50(58)67)11-8-9-21-53-44(61)19-25-70-29-31-72-27-22-54-45(62)20-26-71-30-32-73-28-23-55-48(65)36-51(68)69/h15-18,35,37-38,40,60H,6-14,19-34,36H2,1-5H3,(H,53,61)(H,54,62)(H,55,65)(H,56,64)(H,57,63)(H,68,69)/t37-,38?,40+/m1/s1. The lowest BCUT2D eigenvalue weighted by molar-refractivity contribution is -0.141. The van der Waals surface area contributed by atoms with Crippen molar-refractivity contribution < 1.29 is 72.3 Å². The number of phenolic OH excluding ortho intramolecular Hbond substituents is 1. The third-order valence-electron chi connectivity index (χ3n) is 12.0. The zero-order chi connectivity index (χ0) is 54.0. The van der Waals surface area contributed by atoms with Gasteiger partial charge in [-0.25, -0.2) is 0 Å². The summed E-state index contributed by atoms with van der Waals surface area (Å²) in [7, 11) is 0. The van der Waals surface area contributed by atoms with Gasteiger partial charge in [-0.3, -0.25) is 48.1 Å². The number of amides is 7. The van der Waals surface area contributed by atoms with Crippen molar-refractivity contribution in [2.45, 2.75) is 131 Å². The van der Waals surface area contributed by atoms with Gasteiger partial charge in [0, 0.05) is 70.4 Å². The molecule has 410 valence electrons. The number of phenols is 1. The highest BCUT2D eigenvalue weighted by Gasteiger charge is 2.25. The Kier molecular flexibility index (Phi) is 31.4. The molecule has 0 bridgehead atoms. The molecular formula is C52H82N6O15. The number of carboxylic acid groups (broad SMARTS) is 1. The second kappa shape index (κ2) is 36.2. The topological polar surface area (TPSA) is 294 Å². The maximum absolute atomic E-state index is 13.4. The number of hydrogen-bond acceptors (Lipinski definition) is 14. The number of ketones is 1. The fourth-order valence-electron chi connectivity index (χ4n) is 7.43. The van der Waals surface area contributed by atoms with Crippen LogP contribution >= 0.6 is 0 Å². The summed E-state index contributed by atoms with van der Waals surface area (Å²) in [5, 5.41) is 32.6. The van der Waals surface area contributed by atoms with Gasteiger partial charge in [-0.2, -0.15) is 0 Å². The van der Waals surface area contributed by atoms with Crippen molar-refractivity contribution in [2.75, 3.05) is 84.4 Å². The van der Waals surface area contributed by atoms with E-state index in [0.717, 1.165) is 23.3 Å². The largest absolute Gasteiger partial charge is 0.506 e. The van der Waals surface area contributed by atoms with E-state index in [0.29, 0.717) is 62.7 Å². The molecule has 2 rings (SSSR count). The Morgan fingerprint density at radius 3 is 1.77 bits per heavy atom. The second-order valence-corrected chi connectivity index (χ2v) is 19.3. The fraction of sp³-hybridized carbons (Fsp3) is 0.673. The van der Waals surface area contributed by atoms with Gasteiger partial charge in [0.15, 0.2) is 5.78 Å². The minimum Gasteiger partial charge on any atom is -0.506 e. The molecule has 1 aromatic rings. The van der Waals surface area contributed by atoms with E-state index in [2.05, 4.69) is 61.2 Å². The molecule has 0 spiro atoms. The number of Topliss-reactive ketones (excluding diaryl/α,β-unsaturated/α-hetero) is 1. The summed E-state index contributed by atoms with van der Waals surface area (Å²) in [6.45, 7) is 13.9. The molecule has 21 nitrogen and oxygen atoms in total. The molecular weight excluding hydrogens is 949 g/mol. The van der Waals surface area contributed by atoms with Crippen molar-refractivity contribution in [1.29, 1.82) is 0 Å². The fourth-order valence-corrected chi connectivity index (χ4v) is 7.43. The van der Waals surface area contributed by atoms with Gasteiger partial charge >= 0.3 is 5.97 Å². The molecule has 1 aliphatic heterocycles. The highest BCUT2D eigenvalue weighted by molar-refractivity contribution is 6.12. The van der Waals surface area contributed by atoms with Gasteiger partial charge in [0.1, 0.15) is 12.2 Å². The van der Waals surface area contributed by atoms with Crippen molar-refractivity contribution in [3.8, 4) is 5.75 Å². The second-order valence-electron chi connectivity index (χ2n) is 19.3. The Morgan fingerprint density at radius 2 is 1.18 bits per heavy atom. The third kappa shape index (κ3) is 30.1. The van der Waals surface area contributed by atoms with Crippen LogP contribution in [0, 0.1) is 17.3 Å². The highest BCUT2D eigenvalue weighted by Crippen LogP contribution is 2.33. The molecule has 21 heteroatoms. The number of aromatic hydroxyl groups is 1. The molecule has 0 saturated heterocycles. The van der Waals surface area contributed by atoms with Gasteiger partial charge in [-0.05, 0) is 86.3 Å². The number of benzene rings is 1. The van der Waals surface area contributed by atoms with E-state index in [4.69, 9.17) is 24.1 Å². The number of unbranched alkanes of at least 4 members (excludes halogenated alkanes) is 2. The average molecular weight is 1030 g/mol. The van der Waals surface area contributed by atoms with E-state index in [-0.39, 0.29) is 139 Å². The van der Waals surface area contributed by atoms with Crippen molar-refractivity contribution in [1.82, 2.24) is 26.2 Å². The molecule has 1 aliphatic rings. The summed E-state index contributed by atoms with van der Waals surface area (Å²) in [5.74, 6) is -3.05. The molecule has 7 N–H and O–H groups in total. The number of carbonyl (C=O) groups is 9. The Morgan fingerprint density at radius 1 is 0.630 bits per heavy atom. The summed E-state index contributed by atoms with van der Waals surface area (Å²) >= 11 is 0. The average Bonchev–Trinajstić information content (AvgIpc) is 3.64. The molecule has 0 aliphatic carbocycles. The number of imide groups is 1. The maximum Gasteiger partial charge on any atom is 0.312 e. The van der Waals surface area contributed by atoms with Gasteiger partial charge in [0.2, 0.25) is 29.5 Å². The molecule has 0 fully saturated rings. The minimum atomic E-state index is -1.21. The van der Waals surface area contributed by atoms with E-state index in [9.17, 15) is 48.3 Å². The summed E-state index contributed by atoms with van der Waals surface area (Å²) in [5.41, 5.74) is 1.57. The third-order valence-corrected chi connectivity index (χ3v) is 12.0. The minimum absolute atomic E-state index is 0.00287. The smallest absolute Gasteiger partial charge is 0.312 e. The van der Waals surface area contributed by atoms with Crippen LogP contribution in [0.4, 0.5) is 5.69 Å². The number of rotatable bonds is 41.